The van der Waals surface area contributed by atoms with Gasteiger partial charge in [0.1, 0.15) is 5.69 Å². The summed E-state index contributed by atoms with van der Waals surface area (Å²) < 4.78 is 0. The third-order valence-corrected chi connectivity index (χ3v) is 4.17. The average molecular weight is 292 g/mol. The van der Waals surface area contributed by atoms with Gasteiger partial charge in [-0.1, -0.05) is 6.42 Å². The molecule has 0 aliphatic heterocycles. The third kappa shape index (κ3) is 2.84. The maximum Gasteiger partial charge on any atom is 0.308 e. The maximum absolute atomic E-state index is 12.3. The molecule has 0 unspecified atom stereocenters. The summed E-state index contributed by atoms with van der Waals surface area (Å²) >= 11 is 0. The van der Waals surface area contributed by atoms with E-state index < -0.39 is 11.9 Å². The van der Waals surface area contributed by atoms with Gasteiger partial charge in [0.2, 0.25) is 0 Å². The van der Waals surface area contributed by atoms with E-state index in [0.29, 0.717) is 35.4 Å². The predicted octanol–water partition coefficient (Wildman–Crippen LogP) is 1.82. The van der Waals surface area contributed by atoms with Gasteiger partial charge >= 0.3 is 5.97 Å². The van der Waals surface area contributed by atoms with Gasteiger partial charge in [-0.25, -0.2) is 0 Å². The number of aryl methyl sites for hydroxylation is 1. The van der Waals surface area contributed by atoms with E-state index in [0.717, 1.165) is 6.42 Å². The smallest absolute Gasteiger partial charge is 0.308 e. The molecule has 2 rings (SSSR count). The molecule has 21 heavy (non-hydrogen) atoms. The van der Waals surface area contributed by atoms with Crippen LogP contribution in [0.4, 0.5) is 0 Å². The van der Waals surface area contributed by atoms with Crippen molar-refractivity contribution in [3.63, 3.8) is 0 Å². The van der Waals surface area contributed by atoms with Crippen LogP contribution in [0.1, 0.15) is 58.3 Å². The highest BCUT2D eigenvalue weighted by atomic mass is 16.4. The second-order valence-corrected chi connectivity index (χ2v) is 5.64. The zero-order valence-electron chi connectivity index (χ0n) is 12.4. The lowest BCUT2D eigenvalue weighted by Crippen LogP contribution is -2.40. The Morgan fingerprint density at radius 1 is 1.24 bits per heavy atom. The number of ketones is 1. The van der Waals surface area contributed by atoms with Crippen LogP contribution in [-0.2, 0) is 4.79 Å². The first-order valence-corrected chi connectivity index (χ1v) is 7.06. The van der Waals surface area contributed by atoms with E-state index in [9.17, 15) is 14.4 Å². The highest BCUT2D eigenvalue weighted by Gasteiger charge is 2.34. The lowest BCUT2D eigenvalue weighted by atomic mass is 10.0. The molecule has 3 N–H and O–H groups in total. The zero-order chi connectivity index (χ0) is 15.7. The summed E-state index contributed by atoms with van der Waals surface area (Å²) in [7, 11) is 0. The number of carboxylic acids is 1. The molecule has 0 bridgehead atoms. The quantitative estimate of drug-likeness (QED) is 0.737. The van der Waals surface area contributed by atoms with E-state index in [1.165, 1.54) is 6.92 Å². The van der Waals surface area contributed by atoms with Crippen LogP contribution in [0.3, 0.4) is 0 Å². The molecule has 1 fully saturated rings. The van der Waals surface area contributed by atoms with Crippen LogP contribution in [0.5, 0.6) is 0 Å². The lowest BCUT2D eigenvalue weighted by molar-refractivity contribution is -0.142. The lowest BCUT2D eigenvalue weighted by Gasteiger charge is -2.17. The van der Waals surface area contributed by atoms with Crippen LogP contribution >= 0.6 is 0 Å². The maximum atomic E-state index is 12.3. The second-order valence-electron chi connectivity index (χ2n) is 5.64. The second kappa shape index (κ2) is 5.71. The normalized spacial score (nSPS) is 21.3. The first-order valence-electron chi connectivity index (χ1n) is 7.06. The molecule has 2 atom stereocenters. The number of carbonyl (C=O) groups is 3. The Balaban J connectivity index is 2.20. The van der Waals surface area contributed by atoms with Crippen molar-refractivity contribution >= 4 is 17.7 Å². The molecule has 0 radical (unpaired) electrons. The van der Waals surface area contributed by atoms with Crippen molar-refractivity contribution in [2.24, 2.45) is 5.92 Å². The summed E-state index contributed by atoms with van der Waals surface area (Å²) in [5.41, 5.74) is 2.14. The van der Waals surface area contributed by atoms with Gasteiger partial charge in [-0.15, -0.1) is 0 Å². The molecule has 1 saturated carbocycles. The van der Waals surface area contributed by atoms with Gasteiger partial charge in [-0.3, -0.25) is 14.4 Å². The summed E-state index contributed by atoms with van der Waals surface area (Å²) in [5, 5.41) is 11.9. The van der Waals surface area contributed by atoms with Crippen molar-refractivity contribution in [3.8, 4) is 0 Å². The molecule has 6 heteroatoms. The van der Waals surface area contributed by atoms with Gasteiger partial charge in [0, 0.05) is 17.3 Å². The minimum absolute atomic E-state index is 0.0930. The van der Waals surface area contributed by atoms with E-state index >= 15 is 0 Å². The minimum atomic E-state index is -0.874. The standard InChI is InChI=1S/C15H20N2O4/c1-7-12(9(3)18)8(2)16-13(7)14(19)17-11-6-4-5-10(11)15(20)21/h10-11,16H,4-6H2,1-3H3,(H,17,19)(H,20,21)/t10-,11-/m0/s1. The number of aromatic amines is 1. The molecule has 1 amide bonds. The summed E-state index contributed by atoms with van der Waals surface area (Å²) in [4.78, 5) is 38.0. The van der Waals surface area contributed by atoms with Crippen molar-refractivity contribution < 1.29 is 19.5 Å². The van der Waals surface area contributed by atoms with Gasteiger partial charge in [0.05, 0.1) is 5.92 Å². The Kier molecular flexibility index (Phi) is 4.16. The van der Waals surface area contributed by atoms with Crippen molar-refractivity contribution in [2.45, 2.75) is 46.1 Å². The van der Waals surface area contributed by atoms with Gasteiger partial charge in [-0.2, -0.15) is 0 Å². The molecule has 1 aliphatic rings. The Labute approximate surface area is 122 Å². The number of hydrogen-bond acceptors (Lipinski definition) is 3. The van der Waals surface area contributed by atoms with Crippen molar-refractivity contribution in [2.75, 3.05) is 0 Å². The third-order valence-electron chi connectivity index (χ3n) is 4.17. The minimum Gasteiger partial charge on any atom is -0.481 e. The largest absolute Gasteiger partial charge is 0.481 e. The topological polar surface area (TPSA) is 99.3 Å². The van der Waals surface area contributed by atoms with E-state index in [1.807, 2.05) is 0 Å². The Hall–Kier alpha value is -2.11. The van der Waals surface area contributed by atoms with Crippen molar-refractivity contribution in [1.82, 2.24) is 10.3 Å². The fourth-order valence-corrected chi connectivity index (χ4v) is 3.17. The number of rotatable bonds is 4. The van der Waals surface area contributed by atoms with Crippen molar-refractivity contribution in [3.05, 3.63) is 22.5 Å². The summed E-state index contributed by atoms with van der Waals surface area (Å²) in [6.07, 6.45) is 2.05. The van der Waals surface area contributed by atoms with Gasteiger partial charge < -0.3 is 15.4 Å². The molecule has 0 saturated heterocycles. The van der Waals surface area contributed by atoms with Crippen molar-refractivity contribution in [1.29, 1.82) is 0 Å². The predicted molar refractivity (Wildman–Crippen MR) is 76.5 cm³/mol. The Morgan fingerprint density at radius 3 is 2.43 bits per heavy atom. The number of carbonyl (C=O) groups excluding carboxylic acids is 2. The number of nitrogens with one attached hydrogen (secondary N) is 2. The number of amides is 1. The number of hydrogen-bond donors (Lipinski definition) is 3. The Morgan fingerprint density at radius 2 is 1.90 bits per heavy atom. The summed E-state index contributed by atoms with van der Waals surface area (Å²) in [5.74, 6) is -1.84. The fraction of sp³-hybridized carbons (Fsp3) is 0.533. The Bertz CT molecular complexity index is 603. The zero-order valence-corrected chi connectivity index (χ0v) is 12.4. The monoisotopic (exact) mass is 292 g/mol. The van der Waals surface area contributed by atoms with Crippen LogP contribution in [0.15, 0.2) is 0 Å². The first-order chi connectivity index (χ1) is 9.82. The molecule has 6 nitrogen and oxygen atoms in total. The van der Waals surface area contributed by atoms with Crippen LogP contribution in [0, 0.1) is 19.8 Å². The molecule has 0 aromatic carbocycles. The van der Waals surface area contributed by atoms with E-state index in [1.54, 1.807) is 13.8 Å². The van der Waals surface area contributed by atoms with Crippen LogP contribution in [0.25, 0.3) is 0 Å². The molecule has 1 aliphatic carbocycles. The average Bonchev–Trinajstić information content (AvgIpc) is 2.93. The highest BCUT2D eigenvalue weighted by molar-refractivity contribution is 6.02. The number of aliphatic carboxylic acids is 1. The van der Waals surface area contributed by atoms with E-state index in [-0.39, 0.29) is 17.7 Å². The first kappa shape index (κ1) is 15.3. The number of carboxylic acid groups (broad SMARTS) is 1. The summed E-state index contributed by atoms with van der Waals surface area (Å²) in [6, 6.07) is -0.348. The van der Waals surface area contributed by atoms with Crippen LogP contribution in [0.2, 0.25) is 0 Å². The van der Waals surface area contributed by atoms with Gasteiger partial charge in [-0.05, 0) is 39.2 Å². The van der Waals surface area contributed by atoms with Crippen LogP contribution in [-0.4, -0.2) is 33.8 Å². The molecular formula is C15H20N2O4. The SMILES string of the molecule is CC(=O)c1c(C)[nH]c(C(=O)N[C@H]2CCC[C@@H]2C(=O)O)c1C. The number of aromatic nitrogens is 1. The number of H-pyrrole nitrogens is 1. The molecule has 1 heterocycles. The molecular weight excluding hydrogens is 272 g/mol. The molecule has 1 aromatic heterocycles. The van der Waals surface area contributed by atoms with E-state index in [2.05, 4.69) is 10.3 Å². The van der Waals surface area contributed by atoms with Gasteiger partial charge in [0.25, 0.3) is 5.91 Å². The molecule has 0 spiro atoms. The van der Waals surface area contributed by atoms with Gasteiger partial charge in [0.15, 0.2) is 5.78 Å². The van der Waals surface area contributed by atoms with Crippen LogP contribution < -0.4 is 5.32 Å². The fourth-order valence-electron chi connectivity index (χ4n) is 3.17. The highest BCUT2D eigenvalue weighted by Crippen LogP contribution is 2.26. The van der Waals surface area contributed by atoms with E-state index in [4.69, 9.17) is 5.11 Å². The molecule has 1 aromatic rings. The molecule has 114 valence electrons. The summed E-state index contributed by atoms with van der Waals surface area (Å²) in [6.45, 7) is 4.93. The number of Topliss-reactive ketones (excluding diaryl/α,β-unsaturated/α-hetero) is 1.